The standard InChI is InChI=1S/C24H39N3O4/c1-3-5-6-16-31-23(29)17-21(4-2)26-24(30)20-8-7-15-27(18-20)22(28)10-9-19-11-13-25-14-12-19/h2,19-21,25H,3,5-18H2,1H3,(H,26,30)/t20-,21-/m1/s1. The lowest BCUT2D eigenvalue weighted by Gasteiger charge is -2.33. The van der Waals surface area contributed by atoms with Gasteiger partial charge in [0, 0.05) is 19.5 Å². The molecule has 0 aromatic rings. The number of carbonyl (C=O) groups excluding carboxylic acids is 3. The third-order valence-corrected chi connectivity index (χ3v) is 6.27. The second-order valence-electron chi connectivity index (χ2n) is 8.77. The van der Waals surface area contributed by atoms with Gasteiger partial charge in [-0.25, -0.2) is 0 Å². The number of hydrogen-bond acceptors (Lipinski definition) is 5. The van der Waals surface area contributed by atoms with E-state index in [0.29, 0.717) is 32.0 Å². The second kappa shape index (κ2) is 14.1. The average molecular weight is 434 g/mol. The van der Waals surface area contributed by atoms with Crippen LogP contribution in [-0.2, 0) is 19.1 Å². The summed E-state index contributed by atoms with van der Waals surface area (Å²) in [6.07, 6.45) is 13.7. The van der Waals surface area contributed by atoms with Crippen LogP contribution in [0.15, 0.2) is 0 Å². The predicted molar refractivity (Wildman–Crippen MR) is 120 cm³/mol. The van der Waals surface area contributed by atoms with Crippen LogP contribution < -0.4 is 10.6 Å². The van der Waals surface area contributed by atoms with Crippen molar-refractivity contribution in [3.8, 4) is 12.3 Å². The number of esters is 1. The van der Waals surface area contributed by atoms with Crippen molar-refractivity contribution in [1.82, 2.24) is 15.5 Å². The molecule has 2 amide bonds. The second-order valence-corrected chi connectivity index (χ2v) is 8.77. The van der Waals surface area contributed by atoms with Crippen LogP contribution in [0, 0.1) is 24.2 Å². The van der Waals surface area contributed by atoms with Crippen molar-refractivity contribution < 1.29 is 19.1 Å². The molecule has 2 saturated heterocycles. The Hall–Kier alpha value is -2.07. The summed E-state index contributed by atoms with van der Waals surface area (Å²) in [5.41, 5.74) is 0. The number of nitrogens with zero attached hydrogens (tertiary/aromatic N) is 1. The quantitative estimate of drug-likeness (QED) is 0.296. The van der Waals surface area contributed by atoms with E-state index in [0.717, 1.165) is 64.5 Å². The van der Waals surface area contributed by atoms with Gasteiger partial charge in [-0.05, 0) is 57.5 Å². The average Bonchev–Trinajstić information content (AvgIpc) is 2.80. The summed E-state index contributed by atoms with van der Waals surface area (Å²) in [6.45, 7) is 5.67. The Morgan fingerprint density at radius 1 is 1.23 bits per heavy atom. The number of unbranched alkanes of at least 4 members (excludes halogenated alkanes) is 2. The highest BCUT2D eigenvalue weighted by Gasteiger charge is 2.30. The molecule has 0 aromatic heterocycles. The number of carbonyl (C=O) groups is 3. The van der Waals surface area contributed by atoms with Gasteiger partial charge in [0.2, 0.25) is 11.8 Å². The third kappa shape index (κ3) is 9.30. The van der Waals surface area contributed by atoms with Crippen molar-refractivity contribution in [1.29, 1.82) is 0 Å². The van der Waals surface area contributed by atoms with Gasteiger partial charge in [0.05, 0.1) is 18.9 Å². The molecule has 7 nitrogen and oxygen atoms in total. The number of ether oxygens (including phenoxy) is 1. The Kier molecular flexibility index (Phi) is 11.4. The molecular weight excluding hydrogens is 394 g/mol. The molecule has 0 bridgehead atoms. The molecule has 0 aliphatic carbocycles. The first kappa shape index (κ1) is 25.2. The van der Waals surface area contributed by atoms with Gasteiger partial charge < -0.3 is 20.3 Å². The lowest BCUT2D eigenvalue weighted by molar-refractivity contribution is -0.144. The summed E-state index contributed by atoms with van der Waals surface area (Å²) >= 11 is 0. The fourth-order valence-electron chi connectivity index (χ4n) is 4.28. The first-order valence-electron chi connectivity index (χ1n) is 11.9. The molecule has 0 unspecified atom stereocenters. The maximum Gasteiger partial charge on any atom is 0.308 e. The minimum absolute atomic E-state index is 0.0278. The summed E-state index contributed by atoms with van der Waals surface area (Å²) in [6, 6.07) is -0.683. The number of terminal acetylenes is 1. The van der Waals surface area contributed by atoms with Gasteiger partial charge in [-0.3, -0.25) is 14.4 Å². The summed E-state index contributed by atoms with van der Waals surface area (Å²) in [5, 5.41) is 6.14. The minimum atomic E-state index is -0.683. The highest BCUT2D eigenvalue weighted by molar-refractivity contribution is 5.82. The molecule has 0 aromatic carbocycles. The van der Waals surface area contributed by atoms with Crippen LogP contribution >= 0.6 is 0 Å². The number of hydrogen-bond donors (Lipinski definition) is 2. The monoisotopic (exact) mass is 433 g/mol. The number of amides is 2. The van der Waals surface area contributed by atoms with Gasteiger partial charge in [0.15, 0.2) is 0 Å². The molecule has 2 rings (SSSR count). The number of likely N-dealkylation sites (tertiary alicyclic amines) is 1. The zero-order valence-corrected chi connectivity index (χ0v) is 19.0. The summed E-state index contributed by atoms with van der Waals surface area (Å²) < 4.78 is 5.19. The van der Waals surface area contributed by atoms with Crippen molar-refractivity contribution >= 4 is 17.8 Å². The fraction of sp³-hybridized carbons (Fsp3) is 0.792. The van der Waals surface area contributed by atoms with Crippen molar-refractivity contribution in [2.24, 2.45) is 11.8 Å². The Morgan fingerprint density at radius 2 is 2.00 bits per heavy atom. The zero-order chi connectivity index (χ0) is 22.5. The number of nitrogens with one attached hydrogen (secondary N) is 2. The van der Waals surface area contributed by atoms with E-state index in [1.165, 1.54) is 0 Å². The first-order valence-corrected chi connectivity index (χ1v) is 11.9. The smallest absolute Gasteiger partial charge is 0.308 e. The molecule has 0 radical (unpaired) electrons. The molecule has 174 valence electrons. The first-order chi connectivity index (χ1) is 15.0. The van der Waals surface area contributed by atoms with E-state index < -0.39 is 12.0 Å². The molecule has 2 N–H and O–H groups in total. The van der Waals surface area contributed by atoms with E-state index in [4.69, 9.17) is 11.2 Å². The molecule has 0 spiro atoms. The van der Waals surface area contributed by atoms with Crippen LogP contribution in [0.5, 0.6) is 0 Å². The number of piperidine rings is 2. The lowest BCUT2D eigenvalue weighted by Crippen LogP contribution is -2.47. The molecule has 2 heterocycles. The van der Waals surface area contributed by atoms with Gasteiger partial charge in [0.25, 0.3) is 0 Å². The molecule has 7 heteroatoms. The van der Waals surface area contributed by atoms with Crippen molar-refractivity contribution in [3.63, 3.8) is 0 Å². The third-order valence-electron chi connectivity index (χ3n) is 6.27. The van der Waals surface area contributed by atoms with E-state index >= 15 is 0 Å². The van der Waals surface area contributed by atoms with E-state index in [-0.39, 0.29) is 24.2 Å². The predicted octanol–water partition coefficient (Wildman–Crippen LogP) is 2.25. The Balaban J connectivity index is 1.73. The molecule has 2 atom stereocenters. The normalized spacial score (nSPS) is 20.5. The van der Waals surface area contributed by atoms with Crippen molar-refractivity contribution in [2.45, 2.75) is 77.2 Å². The molecule has 2 aliphatic heterocycles. The largest absolute Gasteiger partial charge is 0.466 e. The van der Waals surface area contributed by atoms with E-state index in [1.807, 2.05) is 4.90 Å². The van der Waals surface area contributed by atoms with Gasteiger partial charge >= 0.3 is 5.97 Å². The van der Waals surface area contributed by atoms with Crippen LogP contribution in [-0.4, -0.2) is 61.5 Å². The molecule has 0 saturated carbocycles. The van der Waals surface area contributed by atoms with Gasteiger partial charge in [-0.1, -0.05) is 25.7 Å². The maximum absolute atomic E-state index is 12.7. The van der Waals surface area contributed by atoms with Crippen LogP contribution in [0.3, 0.4) is 0 Å². The van der Waals surface area contributed by atoms with Gasteiger partial charge in [0.1, 0.15) is 6.04 Å². The number of rotatable bonds is 11. The van der Waals surface area contributed by atoms with E-state index in [1.54, 1.807) is 0 Å². The van der Waals surface area contributed by atoms with E-state index in [9.17, 15) is 14.4 Å². The maximum atomic E-state index is 12.7. The van der Waals surface area contributed by atoms with Crippen LogP contribution in [0.1, 0.15) is 71.1 Å². The zero-order valence-electron chi connectivity index (χ0n) is 19.0. The highest BCUT2D eigenvalue weighted by atomic mass is 16.5. The topological polar surface area (TPSA) is 87.7 Å². The van der Waals surface area contributed by atoms with E-state index in [2.05, 4.69) is 23.5 Å². The van der Waals surface area contributed by atoms with Crippen LogP contribution in [0.2, 0.25) is 0 Å². The Bertz CT molecular complexity index is 625. The molecule has 31 heavy (non-hydrogen) atoms. The van der Waals surface area contributed by atoms with Crippen molar-refractivity contribution in [3.05, 3.63) is 0 Å². The SMILES string of the molecule is C#C[C@H](CC(=O)OCCCCC)NC(=O)[C@@H]1CCCN(C(=O)CCC2CCNCC2)C1. The lowest BCUT2D eigenvalue weighted by atomic mass is 9.92. The van der Waals surface area contributed by atoms with Crippen LogP contribution in [0.4, 0.5) is 0 Å². The molecule has 2 fully saturated rings. The Labute approximate surface area is 187 Å². The van der Waals surface area contributed by atoms with Gasteiger partial charge in [-0.15, -0.1) is 6.42 Å². The molecular formula is C24H39N3O4. The fourth-order valence-corrected chi connectivity index (χ4v) is 4.28. The highest BCUT2D eigenvalue weighted by Crippen LogP contribution is 2.21. The Morgan fingerprint density at radius 3 is 2.71 bits per heavy atom. The summed E-state index contributed by atoms with van der Waals surface area (Å²) in [7, 11) is 0. The summed E-state index contributed by atoms with van der Waals surface area (Å²) in [5.74, 6) is 2.38. The van der Waals surface area contributed by atoms with Crippen LogP contribution in [0.25, 0.3) is 0 Å². The summed E-state index contributed by atoms with van der Waals surface area (Å²) in [4.78, 5) is 39.2. The molecule has 2 aliphatic rings. The van der Waals surface area contributed by atoms with Gasteiger partial charge in [-0.2, -0.15) is 0 Å². The van der Waals surface area contributed by atoms with Crippen molar-refractivity contribution in [2.75, 3.05) is 32.8 Å². The minimum Gasteiger partial charge on any atom is -0.466 e.